The number of guanidine groups is 1. The maximum atomic E-state index is 9.46. The molecule has 1 saturated carbocycles. The van der Waals surface area contributed by atoms with Crippen molar-refractivity contribution in [1.82, 2.24) is 15.6 Å². The quantitative estimate of drug-likeness (QED) is 0.292. The number of aliphatic imine (C=N–C) groups is 1. The monoisotopic (exact) mass is 494 g/mol. The van der Waals surface area contributed by atoms with Gasteiger partial charge in [0.2, 0.25) is 0 Å². The molecule has 0 aliphatic heterocycles. The minimum Gasteiger partial charge on any atom is -0.396 e. The predicted molar refractivity (Wildman–Crippen MR) is 122 cm³/mol. The Kier molecular flexibility index (Phi) is 11.0. The van der Waals surface area contributed by atoms with E-state index in [0.29, 0.717) is 0 Å². The van der Waals surface area contributed by atoms with Crippen molar-refractivity contribution in [3.05, 3.63) is 15.6 Å². The summed E-state index contributed by atoms with van der Waals surface area (Å²) < 4.78 is 0. The fourth-order valence-electron chi connectivity index (χ4n) is 3.71. The summed E-state index contributed by atoms with van der Waals surface area (Å²) >= 11 is 1.78. The van der Waals surface area contributed by atoms with Gasteiger partial charge in [0.15, 0.2) is 5.96 Å². The van der Waals surface area contributed by atoms with Crippen molar-refractivity contribution < 1.29 is 5.11 Å². The highest BCUT2D eigenvalue weighted by atomic mass is 127. The molecule has 7 heteroatoms. The number of rotatable bonds is 8. The van der Waals surface area contributed by atoms with Crippen LogP contribution in [0.5, 0.6) is 0 Å². The Balaban J connectivity index is 0.00000338. The molecular formula is C19H35IN4OS. The average Bonchev–Trinajstić information content (AvgIpc) is 2.91. The van der Waals surface area contributed by atoms with Crippen molar-refractivity contribution in [2.45, 2.75) is 65.7 Å². The van der Waals surface area contributed by atoms with Crippen LogP contribution >= 0.6 is 35.3 Å². The Morgan fingerprint density at radius 1 is 1.23 bits per heavy atom. The van der Waals surface area contributed by atoms with Gasteiger partial charge in [-0.25, -0.2) is 4.98 Å². The first-order valence-electron chi connectivity index (χ1n) is 9.64. The van der Waals surface area contributed by atoms with Gasteiger partial charge >= 0.3 is 0 Å². The number of hydrogen-bond donors (Lipinski definition) is 3. The van der Waals surface area contributed by atoms with Crippen molar-refractivity contribution in [3.63, 3.8) is 0 Å². The van der Waals surface area contributed by atoms with Crippen LogP contribution in [-0.2, 0) is 6.42 Å². The van der Waals surface area contributed by atoms with Gasteiger partial charge in [0.1, 0.15) is 0 Å². The van der Waals surface area contributed by atoms with Crippen LogP contribution in [0, 0.1) is 19.3 Å². The molecule has 0 aromatic carbocycles. The van der Waals surface area contributed by atoms with Crippen LogP contribution in [0.15, 0.2) is 4.99 Å². The Bertz CT molecular complexity index is 550. The summed E-state index contributed by atoms with van der Waals surface area (Å²) in [5.41, 5.74) is 1.34. The third-order valence-electron chi connectivity index (χ3n) is 5.12. The van der Waals surface area contributed by atoms with Crippen LogP contribution in [0.2, 0.25) is 0 Å². The Morgan fingerprint density at radius 2 is 1.96 bits per heavy atom. The van der Waals surface area contributed by atoms with Gasteiger partial charge in [-0.1, -0.05) is 19.3 Å². The van der Waals surface area contributed by atoms with Gasteiger partial charge in [-0.2, -0.15) is 0 Å². The number of aromatic nitrogens is 1. The normalized spacial score (nSPS) is 16.8. The third-order valence-corrected chi connectivity index (χ3v) is 6.25. The molecule has 0 bridgehead atoms. The number of aliphatic hydroxyl groups excluding tert-OH is 1. The van der Waals surface area contributed by atoms with Gasteiger partial charge in [-0.05, 0) is 45.4 Å². The summed E-state index contributed by atoms with van der Waals surface area (Å²) in [5.74, 6) is 0.893. The van der Waals surface area contributed by atoms with E-state index >= 15 is 0 Å². The van der Waals surface area contributed by atoms with Crippen molar-refractivity contribution in [1.29, 1.82) is 0 Å². The van der Waals surface area contributed by atoms with Crippen molar-refractivity contribution >= 4 is 41.3 Å². The van der Waals surface area contributed by atoms with Crippen LogP contribution in [-0.4, -0.2) is 42.3 Å². The van der Waals surface area contributed by atoms with E-state index in [9.17, 15) is 5.11 Å². The van der Waals surface area contributed by atoms with Crippen LogP contribution < -0.4 is 10.6 Å². The summed E-state index contributed by atoms with van der Waals surface area (Å²) in [6.45, 7) is 9.03. The highest BCUT2D eigenvalue weighted by molar-refractivity contribution is 14.0. The fourth-order valence-corrected chi connectivity index (χ4v) is 4.65. The molecule has 150 valence electrons. The maximum Gasteiger partial charge on any atom is 0.191 e. The zero-order valence-electron chi connectivity index (χ0n) is 16.4. The molecule has 1 aromatic rings. The third kappa shape index (κ3) is 7.31. The number of thiazole rings is 1. The zero-order valence-corrected chi connectivity index (χ0v) is 19.6. The number of hydrogen-bond acceptors (Lipinski definition) is 4. The summed E-state index contributed by atoms with van der Waals surface area (Å²) in [7, 11) is 0. The molecule has 0 atom stereocenters. The molecule has 1 aliphatic rings. The van der Waals surface area contributed by atoms with Crippen LogP contribution in [0.1, 0.15) is 61.0 Å². The van der Waals surface area contributed by atoms with Gasteiger partial charge in [-0.15, -0.1) is 35.3 Å². The van der Waals surface area contributed by atoms with E-state index in [2.05, 4.69) is 36.4 Å². The average molecular weight is 494 g/mol. The molecule has 0 unspecified atom stereocenters. The highest BCUT2D eigenvalue weighted by Crippen LogP contribution is 2.39. The number of nitrogens with zero attached hydrogens (tertiary/aromatic N) is 2. The lowest BCUT2D eigenvalue weighted by atomic mass is 9.72. The molecule has 3 N–H and O–H groups in total. The van der Waals surface area contributed by atoms with Gasteiger partial charge < -0.3 is 15.7 Å². The first-order valence-corrected chi connectivity index (χ1v) is 10.5. The van der Waals surface area contributed by atoms with Crippen molar-refractivity contribution in [3.8, 4) is 0 Å². The fraction of sp³-hybridized carbons (Fsp3) is 0.789. The molecule has 0 amide bonds. The molecule has 26 heavy (non-hydrogen) atoms. The molecule has 0 radical (unpaired) electrons. The lowest BCUT2D eigenvalue weighted by Crippen LogP contribution is -2.40. The summed E-state index contributed by atoms with van der Waals surface area (Å²) in [6, 6.07) is 0. The van der Waals surface area contributed by atoms with E-state index in [-0.39, 0.29) is 36.0 Å². The van der Waals surface area contributed by atoms with Crippen LogP contribution in [0.4, 0.5) is 0 Å². The molecule has 0 spiro atoms. The van der Waals surface area contributed by atoms with E-state index in [4.69, 9.17) is 4.99 Å². The lowest BCUT2D eigenvalue weighted by molar-refractivity contribution is 0.137. The number of aliphatic hydroxyl groups is 1. The molecule has 5 nitrogen and oxygen atoms in total. The van der Waals surface area contributed by atoms with E-state index in [1.165, 1.54) is 37.0 Å². The van der Waals surface area contributed by atoms with Gasteiger partial charge in [0.25, 0.3) is 0 Å². The SMILES string of the molecule is CCNC(=NCC1(CCO)CCCCC1)NCCc1sc(C)nc1C.I. The van der Waals surface area contributed by atoms with Crippen molar-refractivity contribution in [2.75, 3.05) is 26.2 Å². The number of nitrogens with one attached hydrogen (secondary N) is 2. The molecule has 1 aromatic heterocycles. The first kappa shape index (κ1) is 23.6. The molecular weight excluding hydrogens is 459 g/mol. The van der Waals surface area contributed by atoms with E-state index in [1.807, 2.05) is 0 Å². The Hall–Kier alpha value is -0.410. The standard InChI is InChI=1S/C19H34N4OS.HI/c1-4-20-18(21-12-8-17-15(2)23-16(3)25-17)22-14-19(11-13-24)9-6-5-7-10-19;/h24H,4-14H2,1-3H3,(H2,20,21,22);1H. The van der Waals surface area contributed by atoms with Gasteiger partial charge in [-0.3, -0.25) is 4.99 Å². The first-order chi connectivity index (χ1) is 12.1. The van der Waals surface area contributed by atoms with Crippen LogP contribution in [0.3, 0.4) is 0 Å². The maximum absolute atomic E-state index is 9.46. The zero-order chi connectivity index (χ0) is 18.1. The topological polar surface area (TPSA) is 69.5 Å². The second-order valence-electron chi connectivity index (χ2n) is 7.15. The minimum absolute atomic E-state index is 0. The molecule has 1 fully saturated rings. The smallest absolute Gasteiger partial charge is 0.191 e. The molecule has 0 saturated heterocycles. The highest BCUT2D eigenvalue weighted by Gasteiger charge is 2.31. The predicted octanol–water partition coefficient (Wildman–Crippen LogP) is 3.81. The summed E-state index contributed by atoms with van der Waals surface area (Å²) in [6.07, 6.45) is 8.08. The number of halogens is 1. The summed E-state index contributed by atoms with van der Waals surface area (Å²) in [5, 5.41) is 17.4. The summed E-state index contributed by atoms with van der Waals surface area (Å²) in [4.78, 5) is 10.7. The van der Waals surface area contributed by atoms with Gasteiger partial charge in [0, 0.05) is 37.5 Å². The second-order valence-corrected chi connectivity index (χ2v) is 8.44. The Morgan fingerprint density at radius 3 is 2.54 bits per heavy atom. The lowest BCUT2D eigenvalue weighted by Gasteiger charge is -2.35. The molecule has 1 heterocycles. The minimum atomic E-state index is 0. The van der Waals surface area contributed by atoms with E-state index in [1.54, 1.807) is 11.3 Å². The van der Waals surface area contributed by atoms with Crippen molar-refractivity contribution in [2.24, 2.45) is 10.4 Å². The van der Waals surface area contributed by atoms with Gasteiger partial charge in [0.05, 0.1) is 10.7 Å². The van der Waals surface area contributed by atoms with E-state index in [0.717, 1.165) is 49.1 Å². The number of aryl methyl sites for hydroxylation is 2. The molecule has 1 aliphatic carbocycles. The largest absolute Gasteiger partial charge is 0.396 e. The molecule has 2 rings (SSSR count). The Labute approximate surface area is 179 Å². The van der Waals surface area contributed by atoms with Crippen LogP contribution in [0.25, 0.3) is 0 Å². The second kappa shape index (κ2) is 12.1. The van der Waals surface area contributed by atoms with E-state index < -0.39 is 0 Å².